The minimum atomic E-state index is -1.02. The molecule has 0 fully saturated rings. The Hall–Kier alpha value is -0.680. The van der Waals surface area contributed by atoms with Crippen LogP contribution in [0.1, 0.15) is 34.8 Å². The van der Waals surface area contributed by atoms with Gasteiger partial charge in [-0.2, -0.15) is 0 Å². The molecule has 0 unspecified atom stereocenters. The van der Waals surface area contributed by atoms with Crippen molar-refractivity contribution in [1.29, 1.82) is 0 Å². The summed E-state index contributed by atoms with van der Waals surface area (Å²) in [4.78, 5) is 24.5. The number of carboxylic acid groups (broad SMARTS) is 1. The molecule has 1 rings (SSSR count). The Morgan fingerprint density at radius 1 is 1.50 bits per heavy atom. The molecule has 0 amide bonds. The lowest BCUT2D eigenvalue weighted by Gasteiger charge is -2.17. The van der Waals surface area contributed by atoms with Gasteiger partial charge in [0.2, 0.25) is 0 Å². The molecule has 0 spiro atoms. The Morgan fingerprint density at radius 3 is 2.44 bits per heavy atom. The quantitative estimate of drug-likeness (QED) is 0.866. The Morgan fingerprint density at radius 2 is 2.06 bits per heavy atom. The van der Waals surface area contributed by atoms with Crippen molar-refractivity contribution in [2.75, 3.05) is 0 Å². The summed E-state index contributed by atoms with van der Waals surface area (Å²) in [5.74, 6) is -1.08. The second kappa shape index (κ2) is 4.67. The number of hydrogen-bond donors (Lipinski definition) is 1. The molecular weight excluding hydrogens is 292 g/mol. The third-order valence-corrected chi connectivity index (χ3v) is 4.22. The van der Waals surface area contributed by atoms with Crippen molar-refractivity contribution in [3.8, 4) is 0 Å². The number of thiophene rings is 1. The first-order valence-electron chi connectivity index (χ1n) is 4.76. The smallest absolute Gasteiger partial charge is 0.309 e. The molecule has 1 heterocycles. The van der Waals surface area contributed by atoms with Gasteiger partial charge in [0.25, 0.3) is 0 Å². The highest BCUT2D eigenvalue weighted by atomic mass is 79.9. The van der Waals surface area contributed by atoms with Crippen LogP contribution in [-0.4, -0.2) is 16.9 Å². The number of rotatable bonds is 4. The van der Waals surface area contributed by atoms with E-state index in [1.165, 1.54) is 11.3 Å². The Kier molecular flexibility index (Phi) is 3.91. The highest BCUT2D eigenvalue weighted by molar-refractivity contribution is 9.10. The number of aliphatic carboxylic acids is 1. The van der Waals surface area contributed by atoms with Crippen LogP contribution in [0.3, 0.4) is 0 Å². The zero-order valence-electron chi connectivity index (χ0n) is 9.33. The van der Waals surface area contributed by atoms with Crippen LogP contribution in [0, 0.1) is 12.3 Å². The molecule has 0 atom stereocenters. The van der Waals surface area contributed by atoms with Crippen LogP contribution in [0.25, 0.3) is 0 Å². The SMILES string of the molecule is Cc1cc(Br)c(C(=O)CC(C)(C)C(=O)O)s1. The van der Waals surface area contributed by atoms with E-state index >= 15 is 0 Å². The molecule has 0 aromatic carbocycles. The van der Waals surface area contributed by atoms with Gasteiger partial charge in [-0.05, 0) is 42.8 Å². The normalized spacial score (nSPS) is 11.5. The van der Waals surface area contributed by atoms with Gasteiger partial charge in [-0.25, -0.2) is 0 Å². The topological polar surface area (TPSA) is 54.4 Å². The minimum absolute atomic E-state index is 0.0148. The summed E-state index contributed by atoms with van der Waals surface area (Å²) in [6.45, 7) is 5.03. The van der Waals surface area contributed by atoms with Crippen molar-refractivity contribution >= 4 is 39.0 Å². The molecule has 1 aromatic rings. The first-order valence-corrected chi connectivity index (χ1v) is 6.37. The molecule has 1 aromatic heterocycles. The van der Waals surface area contributed by atoms with E-state index in [4.69, 9.17) is 5.11 Å². The maximum Gasteiger partial charge on any atom is 0.309 e. The molecule has 88 valence electrons. The van der Waals surface area contributed by atoms with Crippen LogP contribution in [0.15, 0.2) is 10.5 Å². The molecule has 0 saturated heterocycles. The van der Waals surface area contributed by atoms with Gasteiger partial charge in [0, 0.05) is 15.8 Å². The maximum atomic E-state index is 11.9. The molecule has 16 heavy (non-hydrogen) atoms. The summed E-state index contributed by atoms with van der Waals surface area (Å²) in [5.41, 5.74) is -1.02. The lowest BCUT2D eigenvalue weighted by Crippen LogP contribution is -2.26. The van der Waals surface area contributed by atoms with E-state index in [0.717, 1.165) is 9.35 Å². The number of carbonyl (C=O) groups excluding carboxylic acids is 1. The molecule has 0 aliphatic carbocycles. The summed E-state index contributed by atoms with van der Waals surface area (Å²) in [5, 5.41) is 8.95. The van der Waals surface area contributed by atoms with Crippen LogP contribution >= 0.6 is 27.3 Å². The maximum absolute atomic E-state index is 11.9. The Labute approximate surface area is 107 Å². The monoisotopic (exact) mass is 304 g/mol. The van der Waals surface area contributed by atoms with Crippen molar-refractivity contribution in [2.24, 2.45) is 5.41 Å². The summed E-state index contributed by atoms with van der Waals surface area (Å²) in [7, 11) is 0. The molecule has 0 aliphatic rings. The molecule has 3 nitrogen and oxygen atoms in total. The summed E-state index contributed by atoms with van der Waals surface area (Å²) in [6, 6.07) is 1.87. The van der Waals surface area contributed by atoms with Crippen molar-refractivity contribution in [2.45, 2.75) is 27.2 Å². The van der Waals surface area contributed by atoms with E-state index in [9.17, 15) is 9.59 Å². The number of aryl methyl sites for hydroxylation is 1. The fourth-order valence-electron chi connectivity index (χ4n) is 1.23. The number of hydrogen-bond acceptors (Lipinski definition) is 3. The third-order valence-electron chi connectivity index (χ3n) is 2.24. The zero-order chi connectivity index (χ0) is 12.5. The minimum Gasteiger partial charge on any atom is -0.481 e. The van der Waals surface area contributed by atoms with Gasteiger partial charge < -0.3 is 5.11 Å². The standard InChI is InChI=1S/C11H13BrO3S/c1-6-4-7(12)9(16-6)8(13)5-11(2,3)10(14)15/h4H,5H2,1-3H3,(H,14,15). The fraction of sp³-hybridized carbons (Fsp3) is 0.455. The number of halogens is 1. The zero-order valence-corrected chi connectivity index (χ0v) is 11.7. The van der Waals surface area contributed by atoms with Gasteiger partial charge in [0.05, 0.1) is 10.3 Å². The first kappa shape index (κ1) is 13.4. The van der Waals surface area contributed by atoms with E-state index in [1.54, 1.807) is 13.8 Å². The molecule has 5 heteroatoms. The van der Waals surface area contributed by atoms with Gasteiger partial charge >= 0.3 is 5.97 Å². The molecular formula is C11H13BrO3S. The first-order chi connectivity index (χ1) is 7.24. The van der Waals surface area contributed by atoms with E-state index in [2.05, 4.69) is 15.9 Å². The predicted octanol–water partition coefficient (Wildman–Crippen LogP) is 3.50. The van der Waals surface area contributed by atoms with E-state index < -0.39 is 11.4 Å². The summed E-state index contributed by atoms with van der Waals surface area (Å²) in [6.07, 6.45) is 0.0148. The largest absolute Gasteiger partial charge is 0.481 e. The summed E-state index contributed by atoms with van der Waals surface area (Å²) >= 11 is 4.69. The van der Waals surface area contributed by atoms with Crippen LogP contribution < -0.4 is 0 Å². The summed E-state index contributed by atoms with van der Waals surface area (Å²) < 4.78 is 0.751. The van der Waals surface area contributed by atoms with Crippen LogP contribution in [0.5, 0.6) is 0 Å². The predicted molar refractivity (Wildman–Crippen MR) is 67.1 cm³/mol. The lowest BCUT2D eigenvalue weighted by molar-refractivity contribution is -0.146. The average molecular weight is 305 g/mol. The average Bonchev–Trinajstić information content (AvgIpc) is 2.44. The fourth-order valence-corrected chi connectivity index (χ4v) is 3.03. The van der Waals surface area contributed by atoms with Crippen molar-refractivity contribution in [1.82, 2.24) is 0 Å². The Bertz CT molecular complexity index is 434. The van der Waals surface area contributed by atoms with Gasteiger partial charge in [0.15, 0.2) is 5.78 Å². The lowest BCUT2D eigenvalue weighted by atomic mass is 9.87. The van der Waals surface area contributed by atoms with E-state index in [-0.39, 0.29) is 12.2 Å². The van der Waals surface area contributed by atoms with Gasteiger partial charge in [0.1, 0.15) is 0 Å². The number of Topliss-reactive ketones (excluding diaryl/α,β-unsaturated/α-hetero) is 1. The Balaban J connectivity index is 2.89. The number of carbonyl (C=O) groups is 2. The third kappa shape index (κ3) is 2.92. The molecule has 0 saturated carbocycles. The molecule has 0 aliphatic heterocycles. The van der Waals surface area contributed by atoms with E-state index in [1.807, 2.05) is 13.0 Å². The van der Waals surface area contributed by atoms with Crippen LogP contribution in [0.2, 0.25) is 0 Å². The number of ketones is 1. The molecule has 0 bridgehead atoms. The van der Waals surface area contributed by atoms with Crippen molar-refractivity contribution < 1.29 is 14.7 Å². The number of carboxylic acids is 1. The van der Waals surface area contributed by atoms with Crippen LogP contribution in [-0.2, 0) is 4.79 Å². The second-order valence-electron chi connectivity index (χ2n) is 4.32. The van der Waals surface area contributed by atoms with Gasteiger partial charge in [-0.3, -0.25) is 9.59 Å². The van der Waals surface area contributed by atoms with E-state index in [0.29, 0.717) is 4.88 Å². The highest BCUT2D eigenvalue weighted by Gasteiger charge is 2.31. The highest BCUT2D eigenvalue weighted by Crippen LogP contribution is 2.31. The molecule has 0 radical (unpaired) electrons. The van der Waals surface area contributed by atoms with Gasteiger partial charge in [-0.1, -0.05) is 0 Å². The van der Waals surface area contributed by atoms with Crippen LogP contribution in [0.4, 0.5) is 0 Å². The van der Waals surface area contributed by atoms with Gasteiger partial charge in [-0.15, -0.1) is 11.3 Å². The van der Waals surface area contributed by atoms with Crippen molar-refractivity contribution in [3.05, 3.63) is 20.3 Å². The van der Waals surface area contributed by atoms with Crippen molar-refractivity contribution in [3.63, 3.8) is 0 Å². The second-order valence-corrected chi connectivity index (χ2v) is 6.43. The molecule has 1 N–H and O–H groups in total.